The number of hydrogen-bond acceptors (Lipinski definition) is 6. The SMILES string of the molecule is CC(OC(=O)C1=CN2CCS(=O)(=O)N=C2C=C1)C(=O)NCCc1ccccc1. The molecule has 8 nitrogen and oxygen atoms in total. The van der Waals surface area contributed by atoms with Crippen LogP contribution in [0, 0.1) is 0 Å². The van der Waals surface area contributed by atoms with E-state index >= 15 is 0 Å². The van der Waals surface area contributed by atoms with E-state index in [1.807, 2.05) is 30.3 Å². The molecule has 9 heteroatoms. The van der Waals surface area contributed by atoms with Gasteiger partial charge in [-0.1, -0.05) is 30.3 Å². The number of amides is 1. The molecule has 0 saturated carbocycles. The summed E-state index contributed by atoms with van der Waals surface area (Å²) in [7, 11) is -3.45. The van der Waals surface area contributed by atoms with Gasteiger partial charge in [-0.3, -0.25) is 4.79 Å². The van der Waals surface area contributed by atoms with E-state index in [-0.39, 0.29) is 29.6 Å². The molecule has 0 aromatic heterocycles. The van der Waals surface area contributed by atoms with E-state index < -0.39 is 22.1 Å². The summed E-state index contributed by atoms with van der Waals surface area (Å²) in [6, 6.07) is 9.74. The Morgan fingerprint density at radius 1 is 1.25 bits per heavy atom. The normalized spacial score (nSPS) is 18.4. The van der Waals surface area contributed by atoms with Gasteiger partial charge in [-0.2, -0.15) is 0 Å². The van der Waals surface area contributed by atoms with Gasteiger partial charge < -0.3 is 15.0 Å². The Morgan fingerprint density at radius 3 is 2.75 bits per heavy atom. The molecule has 2 aliphatic rings. The second-order valence-corrected chi connectivity index (χ2v) is 8.18. The monoisotopic (exact) mass is 403 g/mol. The lowest BCUT2D eigenvalue weighted by Crippen LogP contribution is -2.39. The number of hydrogen-bond donors (Lipinski definition) is 1. The summed E-state index contributed by atoms with van der Waals surface area (Å²) in [6.45, 7) is 2.15. The van der Waals surface area contributed by atoms with Gasteiger partial charge >= 0.3 is 5.97 Å². The van der Waals surface area contributed by atoms with Crippen LogP contribution in [0.2, 0.25) is 0 Å². The summed E-state index contributed by atoms with van der Waals surface area (Å²) in [4.78, 5) is 26.0. The van der Waals surface area contributed by atoms with Gasteiger partial charge in [0.15, 0.2) is 6.10 Å². The van der Waals surface area contributed by atoms with E-state index in [1.165, 1.54) is 25.3 Å². The molecule has 1 unspecified atom stereocenters. The van der Waals surface area contributed by atoms with Crippen molar-refractivity contribution in [3.8, 4) is 0 Å². The number of esters is 1. The zero-order valence-corrected chi connectivity index (χ0v) is 16.2. The fourth-order valence-electron chi connectivity index (χ4n) is 2.72. The van der Waals surface area contributed by atoms with Gasteiger partial charge in [0.25, 0.3) is 15.9 Å². The van der Waals surface area contributed by atoms with Crippen LogP contribution in [0.25, 0.3) is 0 Å². The van der Waals surface area contributed by atoms with Crippen LogP contribution in [0.5, 0.6) is 0 Å². The minimum absolute atomic E-state index is 0.122. The topological polar surface area (TPSA) is 105 Å². The zero-order valence-electron chi connectivity index (χ0n) is 15.4. The first-order valence-electron chi connectivity index (χ1n) is 8.86. The number of rotatable bonds is 6. The fraction of sp³-hybridized carbons (Fsp3) is 0.316. The maximum Gasteiger partial charge on any atom is 0.340 e. The highest BCUT2D eigenvalue weighted by molar-refractivity contribution is 7.90. The number of nitrogens with zero attached hydrogens (tertiary/aromatic N) is 2. The average molecular weight is 403 g/mol. The first-order chi connectivity index (χ1) is 13.3. The summed E-state index contributed by atoms with van der Waals surface area (Å²) in [6.07, 6.45) is 4.09. The quantitative estimate of drug-likeness (QED) is 0.704. The van der Waals surface area contributed by atoms with Crippen LogP contribution in [0.3, 0.4) is 0 Å². The van der Waals surface area contributed by atoms with Crippen LogP contribution in [-0.2, 0) is 30.8 Å². The number of sulfonamides is 1. The maximum atomic E-state index is 12.3. The molecule has 1 N–H and O–H groups in total. The molecule has 1 aromatic carbocycles. The first-order valence-corrected chi connectivity index (χ1v) is 10.5. The van der Waals surface area contributed by atoms with Crippen molar-refractivity contribution in [2.45, 2.75) is 19.4 Å². The molecular formula is C19H21N3O5S. The molecule has 2 aliphatic heterocycles. The van der Waals surface area contributed by atoms with Crippen molar-refractivity contribution in [2.24, 2.45) is 4.40 Å². The summed E-state index contributed by atoms with van der Waals surface area (Å²) < 4.78 is 31.9. The van der Waals surface area contributed by atoms with Gasteiger partial charge in [-0.15, -0.1) is 4.40 Å². The van der Waals surface area contributed by atoms with Gasteiger partial charge in [-0.05, 0) is 31.1 Å². The van der Waals surface area contributed by atoms with Gasteiger partial charge in [0.05, 0.1) is 11.3 Å². The molecule has 0 spiro atoms. The predicted octanol–water partition coefficient (Wildman–Crippen LogP) is 0.775. The Hall–Kier alpha value is -2.94. The van der Waals surface area contributed by atoms with Crippen LogP contribution in [-0.4, -0.2) is 56.0 Å². The number of nitrogens with one attached hydrogen (secondary N) is 1. The van der Waals surface area contributed by atoms with E-state index in [4.69, 9.17) is 4.74 Å². The van der Waals surface area contributed by atoms with Crippen molar-refractivity contribution in [3.63, 3.8) is 0 Å². The number of benzene rings is 1. The Morgan fingerprint density at radius 2 is 2.00 bits per heavy atom. The molecule has 0 saturated heterocycles. The summed E-state index contributed by atoms with van der Waals surface area (Å²) >= 11 is 0. The van der Waals surface area contributed by atoms with Crippen molar-refractivity contribution >= 4 is 27.7 Å². The van der Waals surface area contributed by atoms with Gasteiger partial charge in [-0.25, -0.2) is 13.2 Å². The number of fused-ring (bicyclic) bond motifs is 1. The van der Waals surface area contributed by atoms with Crippen molar-refractivity contribution in [2.75, 3.05) is 18.8 Å². The predicted molar refractivity (Wildman–Crippen MR) is 104 cm³/mol. The van der Waals surface area contributed by atoms with Gasteiger partial charge in [0, 0.05) is 19.3 Å². The van der Waals surface area contributed by atoms with E-state index in [0.29, 0.717) is 13.0 Å². The molecule has 1 atom stereocenters. The molecule has 0 radical (unpaired) electrons. The van der Waals surface area contributed by atoms with Crippen LogP contribution in [0.4, 0.5) is 0 Å². The van der Waals surface area contributed by atoms with Gasteiger partial charge in [0.1, 0.15) is 5.84 Å². The first kappa shape index (κ1) is 19.8. The lowest BCUT2D eigenvalue weighted by molar-refractivity contribution is -0.150. The number of amidine groups is 1. The highest BCUT2D eigenvalue weighted by Gasteiger charge is 2.26. The fourth-order valence-corrected chi connectivity index (χ4v) is 3.69. The second kappa shape index (κ2) is 8.39. The highest BCUT2D eigenvalue weighted by atomic mass is 32.2. The van der Waals surface area contributed by atoms with Gasteiger partial charge in [0.2, 0.25) is 0 Å². The third-order valence-corrected chi connectivity index (χ3v) is 5.43. The summed E-state index contributed by atoms with van der Waals surface area (Å²) in [5.74, 6) is -0.899. The molecular weight excluding hydrogens is 382 g/mol. The van der Waals surface area contributed by atoms with Crippen LogP contribution < -0.4 is 5.32 Å². The van der Waals surface area contributed by atoms with E-state index in [9.17, 15) is 18.0 Å². The lowest BCUT2D eigenvalue weighted by Gasteiger charge is -2.27. The lowest BCUT2D eigenvalue weighted by atomic mass is 10.1. The van der Waals surface area contributed by atoms with Crippen molar-refractivity contribution in [3.05, 3.63) is 59.8 Å². The van der Waals surface area contributed by atoms with Crippen molar-refractivity contribution < 1.29 is 22.7 Å². The maximum absolute atomic E-state index is 12.3. The summed E-state index contributed by atoms with van der Waals surface area (Å²) in [5.41, 5.74) is 1.33. The standard InChI is InChI=1S/C19H21N3O5S/c1-14(18(23)20-10-9-15-5-3-2-4-6-15)27-19(24)16-7-8-17-21-28(25,26)12-11-22(17)13-16/h2-8,13-14H,9-12H2,1H3,(H,20,23). The molecule has 0 fully saturated rings. The van der Waals surface area contributed by atoms with Crippen molar-refractivity contribution in [1.82, 2.24) is 10.2 Å². The molecule has 2 heterocycles. The molecule has 1 amide bonds. The Balaban J connectivity index is 1.51. The molecule has 28 heavy (non-hydrogen) atoms. The number of carbonyl (C=O) groups excluding carboxylic acids is 2. The highest BCUT2D eigenvalue weighted by Crippen LogP contribution is 2.17. The van der Waals surface area contributed by atoms with E-state index in [1.54, 1.807) is 4.90 Å². The smallest absolute Gasteiger partial charge is 0.340 e. The van der Waals surface area contributed by atoms with Crippen LogP contribution in [0.1, 0.15) is 12.5 Å². The molecule has 1 aromatic rings. The van der Waals surface area contributed by atoms with Crippen molar-refractivity contribution in [1.29, 1.82) is 0 Å². The minimum Gasteiger partial charge on any atom is -0.449 e. The third kappa shape index (κ3) is 5.07. The van der Waals surface area contributed by atoms with Crippen LogP contribution in [0.15, 0.2) is 58.7 Å². The van der Waals surface area contributed by atoms with Crippen LogP contribution >= 0.6 is 0 Å². The van der Waals surface area contributed by atoms with E-state index in [2.05, 4.69) is 9.71 Å². The number of carbonyl (C=O) groups is 2. The average Bonchev–Trinajstić information content (AvgIpc) is 2.67. The molecule has 3 rings (SSSR count). The molecule has 0 bridgehead atoms. The second-order valence-electron chi connectivity index (χ2n) is 6.42. The Labute approximate surface area is 163 Å². The minimum atomic E-state index is -3.45. The Kier molecular flexibility index (Phi) is 5.93. The molecule has 148 valence electrons. The Bertz CT molecular complexity index is 951. The number of ether oxygens (including phenoxy) is 1. The molecule has 0 aliphatic carbocycles. The zero-order chi connectivity index (χ0) is 20.1. The third-order valence-electron chi connectivity index (χ3n) is 4.27. The van der Waals surface area contributed by atoms with E-state index in [0.717, 1.165) is 5.56 Å². The summed E-state index contributed by atoms with van der Waals surface area (Å²) in [5, 5.41) is 2.74. The largest absolute Gasteiger partial charge is 0.449 e.